The van der Waals surface area contributed by atoms with Gasteiger partial charge in [-0.15, -0.1) is 0 Å². The van der Waals surface area contributed by atoms with E-state index in [0.29, 0.717) is 0 Å². The first kappa shape index (κ1) is 22.6. The molecule has 2 amide bonds. The van der Waals surface area contributed by atoms with Gasteiger partial charge in [0.05, 0.1) is 6.61 Å². The lowest BCUT2D eigenvalue weighted by Gasteiger charge is -2.20. The molecule has 0 heterocycles. The van der Waals surface area contributed by atoms with E-state index in [1.807, 2.05) is 48.5 Å². The molecule has 0 spiro atoms. The van der Waals surface area contributed by atoms with Crippen LogP contribution in [0.15, 0.2) is 48.5 Å². The van der Waals surface area contributed by atoms with Crippen LogP contribution in [0.25, 0.3) is 11.1 Å². The molecule has 1 aliphatic rings. The summed E-state index contributed by atoms with van der Waals surface area (Å²) in [6, 6.07) is 13.5. The first-order valence-electron chi connectivity index (χ1n) is 9.70. The largest absolute Gasteiger partial charge is 0.480 e. The van der Waals surface area contributed by atoms with Crippen molar-refractivity contribution in [2.75, 3.05) is 25.2 Å². The SMILES string of the molecule is CSCC(NC(=O)OCC1c2ccccc2-c2ccccc21)C(=O)NC(CO)C(=O)O. The summed E-state index contributed by atoms with van der Waals surface area (Å²) in [5.74, 6) is -1.96. The molecule has 164 valence electrons. The summed E-state index contributed by atoms with van der Waals surface area (Å²) < 4.78 is 5.44. The van der Waals surface area contributed by atoms with Gasteiger partial charge in [0.2, 0.25) is 5.91 Å². The van der Waals surface area contributed by atoms with E-state index in [2.05, 4.69) is 10.6 Å². The number of aliphatic hydroxyl groups is 1. The van der Waals surface area contributed by atoms with E-state index < -0.39 is 36.7 Å². The van der Waals surface area contributed by atoms with Crippen molar-refractivity contribution < 1.29 is 29.3 Å². The lowest BCUT2D eigenvalue weighted by Crippen LogP contribution is -2.53. The van der Waals surface area contributed by atoms with Crippen LogP contribution in [0.1, 0.15) is 17.0 Å². The number of benzene rings is 2. The Labute approximate surface area is 184 Å². The second-order valence-corrected chi connectivity index (χ2v) is 7.97. The van der Waals surface area contributed by atoms with E-state index >= 15 is 0 Å². The van der Waals surface area contributed by atoms with Crippen molar-refractivity contribution in [3.05, 3.63) is 59.7 Å². The molecule has 0 aliphatic heterocycles. The van der Waals surface area contributed by atoms with Crippen LogP contribution < -0.4 is 10.6 Å². The maximum Gasteiger partial charge on any atom is 0.407 e. The zero-order chi connectivity index (χ0) is 22.4. The van der Waals surface area contributed by atoms with E-state index in [1.54, 1.807) is 6.26 Å². The third-order valence-electron chi connectivity index (χ3n) is 5.08. The standard InChI is InChI=1S/C22H24N2O6S/c1-31-12-19(20(26)23-18(10-25)21(27)28)24-22(29)30-11-17-15-8-4-2-6-13(15)14-7-3-5-9-16(14)17/h2-9,17-19,25H,10-12H2,1H3,(H,23,26)(H,24,29)(H,27,28). The summed E-state index contributed by atoms with van der Waals surface area (Å²) >= 11 is 1.31. The second-order valence-electron chi connectivity index (χ2n) is 7.06. The summed E-state index contributed by atoms with van der Waals surface area (Å²) in [5.41, 5.74) is 4.36. The Morgan fingerprint density at radius 2 is 1.58 bits per heavy atom. The molecule has 0 fully saturated rings. The molecular weight excluding hydrogens is 420 g/mol. The number of amides is 2. The smallest absolute Gasteiger partial charge is 0.407 e. The quantitative estimate of drug-likeness (QED) is 0.465. The third kappa shape index (κ3) is 5.18. The van der Waals surface area contributed by atoms with Gasteiger partial charge in [-0.05, 0) is 28.5 Å². The van der Waals surface area contributed by atoms with Gasteiger partial charge in [0, 0.05) is 11.7 Å². The van der Waals surface area contributed by atoms with Crippen molar-refractivity contribution in [2.45, 2.75) is 18.0 Å². The molecule has 2 unspecified atom stereocenters. The average Bonchev–Trinajstić information content (AvgIpc) is 3.09. The molecule has 4 N–H and O–H groups in total. The fraction of sp³-hybridized carbons (Fsp3) is 0.318. The molecule has 3 rings (SSSR count). The average molecular weight is 445 g/mol. The number of carbonyl (C=O) groups is 3. The van der Waals surface area contributed by atoms with Crippen LogP contribution in [0.3, 0.4) is 0 Å². The van der Waals surface area contributed by atoms with Crippen LogP contribution in [0, 0.1) is 0 Å². The van der Waals surface area contributed by atoms with E-state index in [9.17, 15) is 14.4 Å². The molecule has 2 aromatic rings. The monoisotopic (exact) mass is 444 g/mol. The topological polar surface area (TPSA) is 125 Å². The highest BCUT2D eigenvalue weighted by Gasteiger charge is 2.30. The molecule has 0 saturated heterocycles. The number of thioether (sulfide) groups is 1. The minimum atomic E-state index is -1.44. The van der Waals surface area contributed by atoms with Gasteiger partial charge in [-0.2, -0.15) is 11.8 Å². The number of ether oxygens (including phenoxy) is 1. The van der Waals surface area contributed by atoms with Gasteiger partial charge in [0.25, 0.3) is 0 Å². The fourth-order valence-electron chi connectivity index (χ4n) is 3.59. The highest BCUT2D eigenvalue weighted by atomic mass is 32.2. The minimum Gasteiger partial charge on any atom is -0.480 e. The Balaban J connectivity index is 1.64. The maximum atomic E-state index is 12.4. The Morgan fingerprint density at radius 1 is 1.00 bits per heavy atom. The van der Waals surface area contributed by atoms with Crippen LogP contribution in [0.5, 0.6) is 0 Å². The van der Waals surface area contributed by atoms with Crippen LogP contribution in [-0.4, -0.2) is 65.5 Å². The van der Waals surface area contributed by atoms with Crippen LogP contribution in [0.4, 0.5) is 4.79 Å². The van der Waals surface area contributed by atoms with E-state index in [4.69, 9.17) is 14.9 Å². The molecule has 9 heteroatoms. The molecule has 2 aromatic carbocycles. The molecule has 8 nitrogen and oxygen atoms in total. The van der Waals surface area contributed by atoms with Crippen molar-refractivity contribution >= 4 is 29.7 Å². The van der Waals surface area contributed by atoms with E-state index in [-0.39, 0.29) is 18.3 Å². The molecule has 0 saturated carbocycles. The van der Waals surface area contributed by atoms with Gasteiger partial charge in [-0.25, -0.2) is 9.59 Å². The summed E-state index contributed by atoms with van der Waals surface area (Å²) in [6.07, 6.45) is 0.979. The third-order valence-corrected chi connectivity index (χ3v) is 5.75. The van der Waals surface area contributed by atoms with Crippen LogP contribution in [0.2, 0.25) is 0 Å². The fourth-order valence-corrected chi connectivity index (χ4v) is 4.16. The van der Waals surface area contributed by atoms with Gasteiger partial charge in [-0.1, -0.05) is 48.5 Å². The van der Waals surface area contributed by atoms with Crippen molar-refractivity contribution in [1.82, 2.24) is 10.6 Å². The molecule has 0 aromatic heterocycles. The molecule has 0 bridgehead atoms. The Bertz CT molecular complexity index is 921. The normalized spacial score (nSPS) is 14.1. The van der Waals surface area contributed by atoms with Gasteiger partial charge in [-0.3, -0.25) is 4.79 Å². The van der Waals surface area contributed by atoms with Crippen LogP contribution >= 0.6 is 11.8 Å². The van der Waals surface area contributed by atoms with Crippen molar-refractivity contribution in [3.8, 4) is 11.1 Å². The predicted molar refractivity (Wildman–Crippen MR) is 117 cm³/mol. The highest BCUT2D eigenvalue weighted by molar-refractivity contribution is 7.98. The summed E-state index contributed by atoms with van der Waals surface area (Å²) in [4.78, 5) is 35.8. The molecule has 0 radical (unpaired) electrons. The Hall–Kier alpha value is -3.04. The summed E-state index contributed by atoms with van der Waals surface area (Å²) in [5, 5.41) is 22.8. The van der Waals surface area contributed by atoms with Gasteiger partial charge in [0.15, 0.2) is 0 Å². The number of carboxylic acid groups (broad SMARTS) is 1. The summed E-state index contributed by atoms with van der Waals surface area (Å²) in [7, 11) is 0. The Morgan fingerprint density at radius 3 is 2.10 bits per heavy atom. The van der Waals surface area contributed by atoms with Crippen LogP contribution in [-0.2, 0) is 14.3 Å². The van der Waals surface area contributed by atoms with Crippen molar-refractivity contribution in [2.24, 2.45) is 0 Å². The molecule has 2 atom stereocenters. The number of carbonyl (C=O) groups excluding carboxylic acids is 2. The van der Waals surface area contributed by atoms with Crippen molar-refractivity contribution in [1.29, 1.82) is 0 Å². The first-order valence-corrected chi connectivity index (χ1v) is 11.1. The first-order chi connectivity index (χ1) is 15.0. The van der Waals surface area contributed by atoms with Gasteiger partial charge in [0.1, 0.15) is 18.7 Å². The highest BCUT2D eigenvalue weighted by Crippen LogP contribution is 2.44. The number of aliphatic carboxylic acids is 1. The lowest BCUT2D eigenvalue weighted by molar-refractivity contribution is -0.143. The molecule has 31 heavy (non-hydrogen) atoms. The predicted octanol–water partition coefficient (Wildman–Crippen LogP) is 1.82. The molecular formula is C22H24N2O6S. The second kappa shape index (κ2) is 10.3. The summed E-state index contributed by atoms with van der Waals surface area (Å²) in [6.45, 7) is -0.653. The van der Waals surface area contributed by atoms with Gasteiger partial charge >= 0.3 is 12.1 Å². The number of fused-ring (bicyclic) bond motifs is 3. The number of hydrogen-bond acceptors (Lipinski definition) is 6. The number of alkyl carbamates (subject to hydrolysis) is 1. The number of rotatable bonds is 9. The number of hydrogen-bond donors (Lipinski definition) is 4. The maximum absolute atomic E-state index is 12.4. The Kier molecular flexibility index (Phi) is 7.54. The minimum absolute atomic E-state index is 0.0991. The van der Waals surface area contributed by atoms with Gasteiger partial charge < -0.3 is 25.6 Å². The lowest BCUT2D eigenvalue weighted by atomic mass is 9.98. The zero-order valence-electron chi connectivity index (χ0n) is 16.9. The number of aliphatic hydroxyl groups excluding tert-OH is 1. The van der Waals surface area contributed by atoms with E-state index in [0.717, 1.165) is 22.3 Å². The van der Waals surface area contributed by atoms with Crippen molar-refractivity contribution in [3.63, 3.8) is 0 Å². The number of nitrogens with one attached hydrogen (secondary N) is 2. The number of carboxylic acids is 1. The molecule has 1 aliphatic carbocycles. The van der Waals surface area contributed by atoms with E-state index in [1.165, 1.54) is 11.8 Å². The zero-order valence-corrected chi connectivity index (χ0v) is 17.7.